The predicted molar refractivity (Wildman–Crippen MR) is 77.1 cm³/mol. The zero-order valence-corrected chi connectivity index (χ0v) is 11.6. The lowest BCUT2D eigenvalue weighted by Crippen LogP contribution is -2.28. The van der Waals surface area contributed by atoms with Crippen LogP contribution in [0.25, 0.3) is 11.0 Å². The second kappa shape index (κ2) is 4.19. The van der Waals surface area contributed by atoms with Crippen molar-refractivity contribution in [2.45, 2.75) is 38.3 Å². The Hall–Kier alpha value is -1.62. The maximum absolute atomic E-state index is 13.7. The van der Waals surface area contributed by atoms with Gasteiger partial charge in [-0.15, -0.1) is 0 Å². The van der Waals surface area contributed by atoms with E-state index in [1.54, 1.807) is 6.92 Å². The molecule has 2 saturated heterocycles. The summed E-state index contributed by atoms with van der Waals surface area (Å²) in [6.45, 7) is 4.12. The first kappa shape index (κ1) is 12.1. The van der Waals surface area contributed by atoms with Gasteiger partial charge in [0.1, 0.15) is 5.82 Å². The monoisotopic (exact) mass is 274 g/mol. The third-order valence-electron chi connectivity index (χ3n) is 4.90. The van der Waals surface area contributed by atoms with Crippen molar-refractivity contribution in [2.24, 2.45) is 0 Å². The third kappa shape index (κ3) is 1.59. The number of hydrogen-bond donors (Lipinski definition) is 1. The van der Waals surface area contributed by atoms with Gasteiger partial charge >= 0.3 is 0 Å². The Labute approximate surface area is 117 Å². The van der Waals surface area contributed by atoms with E-state index in [2.05, 4.69) is 14.5 Å². The highest BCUT2D eigenvalue weighted by atomic mass is 19.1. The third-order valence-corrected chi connectivity index (χ3v) is 4.90. The zero-order valence-electron chi connectivity index (χ0n) is 11.6. The van der Waals surface area contributed by atoms with Crippen LogP contribution in [0.1, 0.15) is 30.9 Å². The average Bonchev–Trinajstić information content (AvgIpc) is 3.05. The van der Waals surface area contributed by atoms with Crippen molar-refractivity contribution < 1.29 is 4.39 Å². The number of imidazole rings is 1. The molecule has 0 radical (unpaired) electrons. The maximum atomic E-state index is 13.7. The molecular weight excluding hydrogens is 255 g/mol. The lowest BCUT2D eigenvalue weighted by molar-refractivity contribution is 0.293. The van der Waals surface area contributed by atoms with E-state index in [1.165, 1.54) is 25.5 Å². The van der Waals surface area contributed by atoms with Gasteiger partial charge in [0.15, 0.2) is 0 Å². The first-order valence-electron chi connectivity index (χ1n) is 7.33. The summed E-state index contributed by atoms with van der Waals surface area (Å²) >= 11 is 0. The predicted octanol–water partition coefficient (Wildman–Crippen LogP) is 2.48. The van der Waals surface area contributed by atoms with Crippen LogP contribution in [0, 0.1) is 12.7 Å². The van der Waals surface area contributed by atoms with Crippen LogP contribution in [0.4, 0.5) is 10.3 Å². The second-order valence-electron chi connectivity index (χ2n) is 6.03. The largest absolute Gasteiger partial charge is 0.369 e. The molecule has 0 saturated carbocycles. The van der Waals surface area contributed by atoms with Crippen LogP contribution >= 0.6 is 0 Å². The van der Waals surface area contributed by atoms with Gasteiger partial charge in [-0.25, -0.2) is 9.37 Å². The summed E-state index contributed by atoms with van der Waals surface area (Å²) in [7, 11) is 0. The van der Waals surface area contributed by atoms with E-state index in [4.69, 9.17) is 5.73 Å². The molecular formula is C15H19FN4. The van der Waals surface area contributed by atoms with Gasteiger partial charge in [-0.05, 0) is 44.4 Å². The minimum atomic E-state index is -0.212. The van der Waals surface area contributed by atoms with E-state index in [0.717, 1.165) is 18.5 Å². The SMILES string of the molecule is Cc1cc2c(cc1F)nc(N)n2C1CCN2CCCC12. The Morgan fingerprint density at radius 1 is 1.25 bits per heavy atom. The van der Waals surface area contributed by atoms with E-state index < -0.39 is 0 Å². The maximum Gasteiger partial charge on any atom is 0.201 e. The smallest absolute Gasteiger partial charge is 0.201 e. The van der Waals surface area contributed by atoms with Crippen molar-refractivity contribution in [1.29, 1.82) is 0 Å². The van der Waals surface area contributed by atoms with Crippen molar-refractivity contribution in [3.8, 4) is 0 Å². The van der Waals surface area contributed by atoms with E-state index in [0.29, 0.717) is 29.1 Å². The quantitative estimate of drug-likeness (QED) is 0.869. The molecule has 2 aliphatic rings. The lowest BCUT2D eigenvalue weighted by atomic mass is 10.1. The van der Waals surface area contributed by atoms with Crippen LogP contribution in [0.2, 0.25) is 0 Å². The van der Waals surface area contributed by atoms with Crippen LogP contribution < -0.4 is 5.73 Å². The number of nitrogens with zero attached hydrogens (tertiary/aromatic N) is 3. The topological polar surface area (TPSA) is 47.1 Å². The first-order chi connectivity index (χ1) is 9.65. The van der Waals surface area contributed by atoms with E-state index in [1.807, 2.05) is 6.07 Å². The molecule has 0 spiro atoms. The summed E-state index contributed by atoms with van der Waals surface area (Å²) in [5, 5.41) is 0. The molecule has 1 aromatic heterocycles. The van der Waals surface area contributed by atoms with Gasteiger partial charge in [0.25, 0.3) is 0 Å². The van der Waals surface area contributed by atoms with Gasteiger partial charge in [0.2, 0.25) is 5.95 Å². The number of hydrogen-bond acceptors (Lipinski definition) is 3. The molecule has 0 amide bonds. The van der Waals surface area contributed by atoms with E-state index in [9.17, 15) is 4.39 Å². The Balaban J connectivity index is 1.87. The van der Waals surface area contributed by atoms with Crippen molar-refractivity contribution in [1.82, 2.24) is 14.5 Å². The van der Waals surface area contributed by atoms with Gasteiger partial charge < -0.3 is 10.3 Å². The number of anilines is 1. The molecule has 0 bridgehead atoms. The van der Waals surface area contributed by atoms with Gasteiger partial charge in [-0.3, -0.25) is 4.90 Å². The summed E-state index contributed by atoms with van der Waals surface area (Å²) in [4.78, 5) is 6.90. The van der Waals surface area contributed by atoms with Gasteiger partial charge in [0, 0.05) is 18.7 Å². The summed E-state index contributed by atoms with van der Waals surface area (Å²) < 4.78 is 15.8. The van der Waals surface area contributed by atoms with Crippen molar-refractivity contribution in [3.63, 3.8) is 0 Å². The van der Waals surface area contributed by atoms with Crippen molar-refractivity contribution in [2.75, 3.05) is 18.8 Å². The molecule has 2 aliphatic heterocycles. The number of aromatic nitrogens is 2. The molecule has 5 heteroatoms. The summed E-state index contributed by atoms with van der Waals surface area (Å²) in [5.74, 6) is 0.305. The second-order valence-corrected chi connectivity index (χ2v) is 6.03. The number of rotatable bonds is 1. The highest BCUT2D eigenvalue weighted by Crippen LogP contribution is 2.39. The van der Waals surface area contributed by atoms with Crippen LogP contribution in [-0.4, -0.2) is 33.6 Å². The molecule has 106 valence electrons. The Morgan fingerprint density at radius 2 is 2.10 bits per heavy atom. The number of nitrogen functional groups attached to an aromatic ring is 1. The molecule has 2 N–H and O–H groups in total. The number of benzene rings is 1. The molecule has 0 aliphatic carbocycles. The lowest BCUT2D eigenvalue weighted by Gasteiger charge is -2.23. The Bertz CT molecular complexity index is 678. The number of aryl methyl sites for hydroxylation is 1. The van der Waals surface area contributed by atoms with E-state index >= 15 is 0 Å². The highest BCUT2D eigenvalue weighted by molar-refractivity contribution is 5.79. The number of nitrogens with two attached hydrogens (primary N) is 1. The van der Waals surface area contributed by atoms with E-state index in [-0.39, 0.29) is 5.82 Å². The van der Waals surface area contributed by atoms with Gasteiger partial charge in [0.05, 0.1) is 17.1 Å². The zero-order chi connectivity index (χ0) is 13.9. The normalized spacial score (nSPS) is 26.5. The molecule has 4 nitrogen and oxygen atoms in total. The first-order valence-corrected chi connectivity index (χ1v) is 7.33. The van der Waals surface area contributed by atoms with Crippen molar-refractivity contribution in [3.05, 3.63) is 23.5 Å². The number of fused-ring (bicyclic) bond motifs is 2. The van der Waals surface area contributed by atoms with Crippen LogP contribution in [0.3, 0.4) is 0 Å². The highest BCUT2D eigenvalue weighted by Gasteiger charge is 2.39. The molecule has 20 heavy (non-hydrogen) atoms. The van der Waals surface area contributed by atoms with Gasteiger partial charge in [-0.2, -0.15) is 0 Å². The summed E-state index contributed by atoms with van der Waals surface area (Å²) in [6, 6.07) is 4.33. The molecule has 2 aromatic rings. The molecule has 2 fully saturated rings. The van der Waals surface area contributed by atoms with Crippen LogP contribution in [0.15, 0.2) is 12.1 Å². The van der Waals surface area contributed by atoms with Gasteiger partial charge in [-0.1, -0.05) is 0 Å². The fourth-order valence-corrected chi connectivity index (χ4v) is 3.94. The fourth-order valence-electron chi connectivity index (χ4n) is 3.94. The summed E-state index contributed by atoms with van der Waals surface area (Å²) in [6.07, 6.45) is 3.60. The summed E-state index contributed by atoms with van der Waals surface area (Å²) in [5.41, 5.74) is 8.42. The molecule has 2 atom stereocenters. The van der Waals surface area contributed by atoms with Crippen molar-refractivity contribution >= 4 is 17.0 Å². The Kier molecular flexibility index (Phi) is 2.54. The number of halogens is 1. The minimum absolute atomic E-state index is 0.212. The standard InChI is InChI=1S/C15H19FN4/c1-9-7-14-11(8-10(9)16)18-15(17)20(14)13-4-6-19-5-2-3-12(13)19/h7-8,12-13H,2-6H2,1H3,(H2,17,18). The van der Waals surface area contributed by atoms with Crippen LogP contribution in [-0.2, 0) is 0 Å². The fraction of sp³-hybridized carbons (Fsp3) is 0.533. The van der Waals surface area contributed by atoms with Crippen LogP contribution in [0.5, 0.6) is 0 Å². The molecule has 2 unspecified atom stereocenters. The molecule has 1 aromatic carbocycles. The average molecular weight is 274 g/mol. The molecule has 3 heterocycles. The minimum Gasteiger partial charge on any atom is -0.369 e. The Morgan fingerprint density at radius 3 is 2.95 bits per heavy atom. The molecule has 4 rings (SSSR count).